The fraction of sp³-hybridized carbons (Fsp3) is 0.696. The van der Waals surface area contributed by atoms with Crippen molar-refractivity contribution in [3.63, 3.8) is 0 Å². The Hall–Kier alpha value is -1.42. The average molecular weight is 371 g/mol. The highest BCUT2D eigenvalue weighted by Gasteiger charge is 2.55. The quantitative estimate of drug-likeness (QED) is 0.801. The monoisotopic (exact) mass is 370 g/mol. The van der Waals surface area contributed by atoms with Gasteiger partial charge in [0, 0.05) is 32.7 Å². The SMILES string of the molecule is O=C(N1CCCN(Cc2ccc(F)cc2)CC1)C12CC3CC(CC(C3)C1)C2. The van der Waals surface area contributed by atoms with E-state index in [0.29, 0.717) is 5.91 Å². The van der Waals surface area contributed by atoms with Gasteiger partial charge in [-0.25, -0.2) is 4.39 Å². The van der Waals surface area contributed by atoms with Crippen molar-refractivity contribution in [2.45, 2.75) is 51.5 Å². The van der Waals surface area contributed by atoms with Crippen LogP contribution in [-0.2, 0) is 11.3 Å². The van der Waals surface area contributed by atoms with E-state index in [9.17, 15) is 9.18 Å². The van der Waals surface area contributed by atoms with Gasteiger partial charge in [0.05, 0.1) is 5.41 Å². The average Bonchev–Trinajstić information content (AvgIpc) is 2.87. The summed E-state index contributed by atoms with van der Waals surface area (Å²) in [6.45, 7) is 4.54. The number of rotatable bonds is 3. The standard InChI is InChI=1S/C23H31FN2O/c24-21-4-2-17(3-5-21)16-25-6-1-7-26(9-8-25)22(27)23-13-18-10-19(14-23)12-20(11-18)15-23/h2-5,18-20H,1,6-16H2. The second-order valence-corrected chi connectivity index (χ2v) is 9.75. The second kappa shape index (κ2) is 6.88. The van der Waals surface area contributed by atoms with E-state index >= 15 is 0 Å². The number of benzene rings is 1. The summed E-state index contributed by atoms with van der Waals surface area (Å²) in [5.74, 6) is 2.76. The molecule has 6 rings (SSSR count). The van der Waals surface area contributed by atoms with Crippen LogP contribution in [0, 0.1) is 29.0 Å². The normalized spacial score (nSPS) is 36.0. The molecule has 5 aliphatic rings. The van der Waals surface area contributed by atoms with Crippen molar-refractivity contribution >= 4 is 5.91 Å². The van der Waals surface area contributed by atoms with Crippen molar-refractivity contribution < 1.29 is 9.18 Å². The first-order valence-corrected chi connectivity index (χ1v) is 10.9. The van der Waals surface area contributed by atoms with Gasteiger partial charge in [0.15, 0.2) is 0 Å². The minimum absolute atomic E-state index is 0.0130. The summed E-state index contributed by atoms with van der Waals surface area (Å²) in [7, 11) is 0. The van der Waals surface area contributed by atoms with Gasteiger partial charge in [-0.2, -0.15) is 0 Å². The molecule has 5 fully saturated rings. The fourth-order valence-corrected chi connectivity index (χ4v) is 6.89. The van der Waals surface area contributed by atoms with Gasteiger partial charge < -0.3 is 4.90 Å². The number of amides is 1. The van der Waals surface area contributed by atoms with Gasteiger partial charge in [-0.3, -0.25) is 9.69 Å². The molecule has 4 heteroatoms. The lowest BCUT2D eigenvalue weighted by Gasteiger charge is -2.56. The summed E-state index contributed by atoms with van der Waals surface area (Å²) in [5, 5.41) is 0. The topological polar surface area (TPSA) is 23.6 Å². The lowest BCUT2D eigenvalue weighted by molar-refractivity contribution is -0.157. The summed E-state index contributed by atoms with van der Waals surface area (Å²) in [4.78, 5) is 18.2. The zero-order valence-electron chi connectivity index (χ0n) is 16.2. The van der Waals surface area contributed by atoms with E-state index in [1.807, 2.05) is 12.1 Å². The second-order valence-electron chi connectivity index (χ2n) is 9.75. The number of hydrogen-bond donors (Lipinski definition) is 0. The Morgan fingerprint density at radius 1 is 0.926 bits per heavy atom. The van der Waals surface area contributed by atoms with Gasteiger partial charge in [-0.05, 0) is 80.4 Å². The van der Waals surface area contributed by atoms with Gasteiger partial charge >= 0.3 is 0 Å². The Balaban J connectivity index is 1.23. The molecule has 3 nitrogen and oxygen atoms in total. The molecular formula is C23H31FN2O. The van der Waals surface area contributed by atoms with Crippen LogP contribution in [0.4, 0.5) is 4.39 Å². The molecule has 27 heavy (non-hydrogen) atoms. The number of nitrogens with zero attached hydrogens (tertiary/aromatic N) is 2. The molecule has 1 amide bonds. The molecule has 4 saturated carbocycles. The Kier molecular flexibility index (Phi) is 4.50. The first-order chi connectivity index (χ1) is 13.1. The van der Waals surface area contributed by atoms with Crippen molar-refractivity contribution in [3.05, 3.63) is 35.6 Å². The third-order valence-corrected chi connectivity index (χ3v) is 7.69. The van der Waals surface area contributed by atoms with Crippen molar-refractivity contribution in [2.24, 2.45) is 23.2 Å². The molecule has 4 aliphatic carbocycles. The van der Waals surface area contributed by atoms with Crippen LogP contribution >= 0.6 is 0 Å². The third-order valence-electron chi connectivity index (χ3n) is 7.69. The lowest BCUT2D eigenvalue weighted by atomic mass is 9.49. The molecule has 0 spiro atoms. The maximum absolute atomic E-state index is 13.6. The molecule has 1 saturated heterocycles. The molecule has 1 aliphatic heterocycles. The van der Waals surface area contributed by atoms with Gasteiger partial charge in [-0.15, -0.1) is 0 Å². The highest BCUT2D eigenvalue weighted by atomic mass is 19.1. The smallest absolute Gasteiger partial charge is 0.228 e. The fourth-order valence-electron chi connectivity index (χ4n) is 6.89. The van der Waals surface area contributed by atoms with Crippen LogP contribution < -0.4 is 0 Å². The largest absolute Gasteiger partial charge is 0.341 e. The highest BCUT2D eigenvalue weighted by molar-refractivity contribution is 5.83. The van der Waals surface area contributed by atoms with Crippen molar-refractivity contribution in [3.8, 4) is 0 Å². The molecule has 1 aromatic rings. The minimum atomic E-state index is -0.179. The molecule has 0 radical (unpaired) electrons. The molecule has 0 aromatic heterocycles. The van der Waals surface area contributed by atoms with Gasteiger partial charge in [0.1, 0.15) is 5.82 Å². The Morgan fingerprint density at radius 2 is 1.56 bits per heavy atom. The Bertz CT molecular complexity index is 666. The predicted molar refractivity (Wildman–Crippen MR) is 103 cm³/mol. The van der Waals surface area contributed by atoms with Gasteiger partial charge in [-0.1, -0.05) is 12.1 Å². The lowest BCUT2D eigenvalue weighted by Crippen LogP contribution is -2.55. The van der Waals surface area contributed by atoms with E-state index in [1.165, 1.54) is 31.4 Å². The molecule has 146 valence electrons. The predicted octanol–water partition coefficient (Wildman–Crippen LogP) is 4.08. The van der Waals surface area contributed by atoms with Crippen molar-refractivity contribution in [2.75, 3.05) is 26.2 Å². The van der Waals surface area contributed by atoms with Crippen LogP contribution in [0.15, 0.2) is 24.3 Å². The first kappa shape index (κ1) is 17.7. The van der Waals surface area contributed by atoms with E-state index in [4.69, 9.17) is 0 Å². The van der Waals surface area contributed by atoms with Crippen LogP contribution in [-0.4, -0.2) is 41.9 Å². The van der Waals surface area contributed by atoms with E-state index in [-0.39, 0.29) is 11.2 Å². The number of halogens is 1. The van der Waals surface area contributed by atoms with E-state index in [1.54, 1.807) is 0 Å². The minimum Gasteiger partial charge on any atom is -0.341 e. The van der Waals surface area contributed by atoms with Gasteiger partial charge in [0.25, 0.3) is 0 Å². The van der Waals surface area contributed by atoms with E-state index in [0.717, 1.165) is 81.7 Å². The summed E-state index contributed by atoms with van der Waals surface area (Å²) >= 11 is 0. The molecular weight excluding hydrogens is 339 g/mol. The summed E-state index contributed by atoms with van der Waals surface area (Å²) < 4.78 is 13.1. The van der Waals surface area contributed by atoms with Crippen LogP contribution in [0.2, 0.25) is 0 Å². The molecule has 0 unspecified atom stereocenters. The number of hydrogen-bond acceptors (Lipinski definition) is 2. The molecule has 0 atom stereocenters. The zero-order valence-corrected chi connectivity index (χ0v) is 16.2. The first-order valence-electron chi connectivity index (χ1n) is 10.9. The maximum Gasteiger partial charge on any atom is 0.228 e. The summed E-state index contributed by atoms with van der Waals surface area (Å²) in [5.41, 5.74) is 1.14. The van der Waals surface area contributed by atoms with E-state index in [2.05, 4.69) is 9.80 Å². The van der Waals surface area contributed by atoms with E-state index < -0.39 is 0 Å². The molecule has 4 bridgehead atoms. The molecule has 1 aromatic carbocycles. The van der Waals surface area contributed by atoms with Crippen molar-refractivity contribution in [1.82, 2.24) is 9.80 Å². The Labute approximate surface area is 161 Å². The number of carbonyl (C=O) groups excluding carboxylic acids is 1. The maximum atomic E-state index is 13.6. The van der Waals surface area contributed by atoms with Crippen LogP contribution in [0.5, 0.6) is 0 Å². The molecule has 1 heterocycles. The van der Waals surface area contributed by atoms with Gasteiger partial charge in [0.2, 0.25) is 5.91 Å². The third kappa shape index (κ3) is 3.41. The summed E-state index contributed by atoms with van der Waals surface area (Å²) in [6, 6.07) is 6.82. The highest BCUT2D eigenvalue weighted by Crippen LogP contribution is 2.60. The summed E-state index contributed by atoms with van der Waals surface area (Å²) in [6.07, 6.45) is 8.68. The zero-order chi connectivity index (χ0) is 18.4. The molecule has 0 N–H and O–H groups in total. The van der Waals surface area contributed by atoms with Crippen LogP contribution in [0.25, 0.3) is 0 Å². The van der Waals surface area contributed by atoms with Crippen LogP contribution in [0.3, 0.4) is 0 Å². The number of carbonyl (C=O) groups is 1. The Morgan fingerprint density at radius 3 is 2.19 bits per heavy atom. The van der Waals surface area contributed by atoms with Crippen molar-refractivity contribution in [1.29, 1.82) is 0 Å². The van der Waals surface area contributed by atoms with Crippen LogP contribution in [0.1, 0.15) is 50.5 Å².